The van der Waals surface area contributed by atoms with E-state index < -0.39 is 0 Å². The fourth-order valence-electron chi connectivity index (χ4n) is 4.83. The van der Waals surface area contributed by atoms with Gasteiger partial charge in [-0.1, -0.05) is 114 Å². The smallest absolute Gasteiger partial charge is 0.00640 e. The van der Waals surface area contributed by atoms with Crippen LogP contribution in [0.1, 0.15) is 95.5 Å². The highest BCUT2D eigenvalue weighted by Gasteiger charge is 2.27. The van der Waals surface area contributed by atoms with E-state index in [-0.39, 0.29) is 0 Å². The van der Waals surface area contributed by atoms with Gasteiger partial charge in [0.05, 0.1) is 0 Å². The molecule has 180 valence electrons. The predicted octanol–water partition coefficient (Wildman–Crippen LogP) is 9.95. The van der Waals surface area contributed by atoms with Crippen LogP contribution in [0.25, 0.3) is 5.57 Å². The first kappa shape index (κ1) is 27.2. The maximum Gasteiger partial charge on any atom is -0.00640 e. The lowest BCUT2D eigenvalue weighted by Crippen LogP contribution is -2.25. The Hall–Kier alpha value is -2.08. The summed E-state index contributed by atoms with van der Waals surface area (Å²) in [5.74, 6) is 3.50. The first-order valence-corrected chi connectivity index (χ1v) is 13.1. The molecule has 0 spiro atoms. The van der Waals surface area contributed by atoms with Crippen LogP contribution in [0.2, 0.25) is 0 Å². The minimum absolute atomic E-state index is 0.568. The Kier molecular flexibility index (Phi) is 10.2. The standard InChI is InChI=1S/C33H48/c1-11-24(4)27(7)28(8)29(9)30(10)32-19-16-26(6)33(21-32)20-23(3)12-15-25(5)31-17-13-22(2)14-18-31/h12-19,21,24,27-30H,11,20H2,1-10H3/b23-12+,25-15+. The summed E-state index contributed by atoms with van der Waals surface area (Å²) in [5.41, 5.74) is 9.67. The molecule has 2 aromatic rings. The number of benzene rings is 2. The van der Waals surface area contributed by atoms with Crippen LogP contribution in [0.4, 0.5) is 0 Å². The summed E-state index contributed by atoms with van der Waals surface area (Å²) in [5, 5.41) is 0. The van der Waals surface area contributed by atoms with Crippen LogP contribution in [0.3, 0.4) is 0 Å². The number of hydrogen-bond donors (Lipinski definition) is 0. The zero-order valence-electron chi connectivity index (χ0n) is 23.0. The first-order chi connectivity index (χ1) is 15.5. The van der Waals surface area contributed by atoms with Crippen molar-refractivity contribution in [2.75, 3.05) is 0 Å². The molecule has 33 heavy (non-hydrogen) atoms. The van der Waals surface area contributed by atoms with Crippen molar-refractivity contribution in [1.29, 1.82) is 0 Å². The molecule has 0 aromatic heterocycles. The highest BCUT2D eigenvalue weighted by molar-refractivity contribution is 5.65. The molecule has 0 heteroatoms. The fourth-order valence-corrected chi connectivity index (χ4v) is 4.83. The molecule has 2 aromatic carbocycles. The van der Waals surface area contributed by atoms with Gasteiger partial charge in [-0.15, -0.1) is 0 Å². The van der Waals surface area contributed by atoms with E-state index >= 15 is 0 Å². The molecule has 0 fully saturated rings. The summed E-state index contributed by atoms with van der Waals surface area (Å²) in [6, 6.07) is 16.0. The van der Waals surface area contributed by atoms with Crippen molar-refractivity contribution in [3.8, 4) is 0 Å². The molecule has 5 atom stereocenters. The summed E-state index contributed by atoms with van der Waals surface area (Å²) in [7, 11) is 0. The molecule has 0 nitrogen and oxygen atoms in total. The van der Waals surface area contributed by atoms with E-state index in [2.05, 4.69) is 124 Å². The predicted molar refractivity (Wildman–Crippen MR) is 149 cm³/mol. The van der Waals surface area contributed by atoms with E-state index in [1.54, 1.807) is 0 Å². The SMILES string of the molecule is CCC(C)C(C)C(C)C(C)C(C)c1ccc(C)c(C/C(C)=C/C=C(\C)c2ccc(C)cc2)c1. The Labute approximate surface area is 205 Å². The monoisotopic (exact) mass is 444 g/mol. The third kappa shape index (κ3) is 7.46. The van der Waals surface area contributed by atoms with Gasteiger partial charge in [-0.2, -0.15) is 0 Å². The molecule has 0 heterocycles. The number of allylic oxidation sites excluding steroid dienone is 4. The quantitative estimate of drug-likeness (QED) is 0.320. The zero-order chi connectivity index (χ0) is 24.7. The fraction of sp³-hybridized carbons (Fsp3) is 0.515. The maximum atomic E-state index is 2.48. The van der Waals surface area contributed by atoms with Crippen LogP contribution in [-0.2, 0) is 6.42 Å². The largest absolute Gasteiger partial charge is 0.0689 e. The number of aryl methyl sites for hydroxylation is 2. The molecule has 0 bridgehead atoms. The summed E-state index contributed by atoms with van der Waals surface area (Å²) in [6.07, 6.45) is 6.84. The number of hydrogen-bond acceptors (Lipinski definition) is 0. The molecule has 0 N–H and O–H groups in total. The lowest BCUT2D eigenvalue weighted by atomic mass is 9.71. The molecule has 2 rings (SSSR count). The van der Waals surface area contributed by atoms with E-state index in [0.717, 1.165) is 24.2 Å². The lowest BCUT2D eigenvalue weighted by Gasteiger charge is -2.34. The van der Waals surface area contributed by atoms with Crippen LogP contribution in [0.15, 0.2) is 60.2 Å². The van der Waals surface area contributed by atoms with E-state index in [0.29, 0.717) is 11.8 Å². The van der Waals surface area contributed by atoms with Gasteiger partial charge in [0, 0.05) is 0 Å². The van der Waals surface area contributed by atoms with Crippen LogP contribution < -0.4 is 0 Å². The number of rotatable bonds is 10. The second kappa shape index (κ2) is 12.4. The van der Waals surface area contributed by atoms with Gasteiger partial charge in [-0.05, 0) is 91.5 Å². The van der Waals surface area contributed by atoms with E-state index in [1.165, 1.54) is 45.4 Å². The first-order valence-electron chi connectivity index (χ1n) is 13.1. The van der Waals surface area contributed by atoms with E-state index in [9.17, 15) is 0 Å². The molecular formula is C33H48. The van der Waals surface area contributed by atoms with Gasteiger partial charge in [0.25, 0.3) is 0 Å². The molecule has 0 amide bonds. The summed E-state index contributed by atoms with van der Waals surface area (Å²) in [6.45, 7) is 23.4. The van der Waals surface area contributed by atoms with Gasteiger partial charge in [-0.25, -0.2) is 0 Å². The van der Waals surface area contributed by atoms with Gasteiger partial charge in [0.1, 0.15) is 0 Å². The van der Waals surface area contributed by atoms with E-state index in [1.807, 2.05) is 0 Å². The molecule has 0 saturated heterocycles. The van der Waals surface area contributed by atoms with Crippen molar-refractivity contribution in [3.63, 3.8) is 0 Å². The zero-order valence-corrected chi connectivity index (χ0v) is 23.0. The topological polar surface area (TPSA) is 0 Å². The molecule has 0 aliphatic rings. The third-order valence-electron chi connectivity index (χ3n) is 8.48. The van der Waals surface area contributed by atoms with Crippen molar-refractivity contribution in [1.82, 2.24) is 0 Å². The molecule has 0 aliphatic carbocycles. The highest BCUT2D eigenvalue weighted by Crippen LogP contribution is 2.37. The van der Waals surface area contributed by atoms with Crippen molar-refractivity contribution < 1.29 is 0 Å². The van der Waals surface area contributed by atoms with Gasteiger partial charge in [0.15, 0.2) is 0 Å². The highest BCUT2D eigenvalue weighted by atomic mass is 14.3. The van der Waals surface area contributed by atoms with Crippen molar-refractivity contribution in [2.24, 2.45) is 23.7 Å². The van der Waals surface area contributed by atoms with E-state index in [4.69, 9.17) is 0 Å². The molecule has 0 aliphatic heterocycles. The van der Waals surface area contributed by atoms with Crippen LogP contribution in [0.5, 0.6) is 0 Å². The Morgan fingerprint density at radius 2 is 1.42 bits per heavy atom. The van der Waals surface area contributed by atoms with Crippen molar-refractivity contribution in [2.45, 2.75) is 88.0 Å². The summed E-state index contributed by atoms with van der Waals surface area (Å²) >= 11 is 0. The minimum Gasteiger partial charge on any atom is -0.0689 e. The lowest BCUT2D eigenvalue weighted by molar-refractivity contribution is 0.191. The van der Waals surface area contributed by atoms with Gasteiger partial charge < -0.3 is 0 Å². The Morgan fingerprint density at radius 3 is 2.03 bits per heavy atom. The van der Waals surface area contributed by atoms with Gasteiger partial charge in [-0.3, -0.25) is 0 Å². The minimum atomic E-state index is 0.568. The summed E-state index contributed by atoms with van der Waals surface area (Å²) in [4.78, 5) is 0. The van der Waals surface area contributed by atoms with Gasteiger partial charge in [0.2, 0.25) is 0 Å². The molecular weight excluding hydrogens is 396 g/mol. The second-order valence-electron chi connectivity index (χ2n) is 10.8. The summed E-state index contributed by atoms with van der Waals surface area (Å²) < 4.78 is 0. The molecule has 5 unspecified atom stereocenters. The maximum absolute atomic E-state index is 2.48. The van der Waals surface area contributed by atoms with Gasteiger partial charge >= 0.3 is 0 Å². The third-order valence-corrected chi connectivity index (χ3v) is 8.48. The van der Waals surface area contributed by atoms with Crippen molar-refractivity contribution >= 4 is 5.57 Å². The Morgan fingerprint density at radius 1 is 0.788 bits per heavy atom. The van der Waals surface area contributed by atoms with Crippen LogP contribution in [0, 0.1) is 37.5 Å². The Balaban J connectivity index is 2.16. The van der Waals surface area contributed by atoms with Crippen LogP contribution in [-0.4, -0.2) is 0 Å². The normalized spacial score (nSPS) is 17.4. The molecule has 0 radical (unpaired) electrons. The van der Waals surface area contributed by atoms with Crippen molar-refractivity contribution in [3.05, 3.63) is 88.0 Å². The average molecular weight is 445 g/mol. The average Bonchev–Trinajstić information content (AvgIpc) is 2.81. The van der Waals surface area contributed by atoms with Crippen LogP contribution >= 0.6 is 0 Å². The second-order valence-corrected chi connectivity index (χ2v) is 10.8. The molecule has 0 saturated carbocycles. The Bertz CT molecular complexity index is 941.